The largest absolute Gasteiger partial charge is 0.378 e. The molecular weight excluding hydrogens is 792 g/mol. The maximum atomic E-state index is 15.5. The van der Waals surface area contributed by atoms with Crippen molar-refractivity contribution in [1.29, 1.82) is 0 Å². The van der Waals surface area contributed by atoms with Crippen LogP contribution in [0.3, 0.4) is 0 Å². The summed E-state index contributed by atoms with van der Waals surface area (Å²) in [6.07, 6.45) is 2.26. The maximum Gasteiger partial charge on any atom is 0.319 e. The Morgan fingerprint density at radius 3 is 2.48 bits per heavy atom. The molecule has 0 spiro atoms. The lowest BCUT2D eigenvalue weighted by Crippen LogP contribution is -2.70. The van der Waals surface area contributed by atoms with E-state index in [1.54, 1.807) is 44.2 Å². The van der Waals surface area contributed by atoms with Gasteiger partial charge in [-0.1, -0.05) is 6.07 Å². The molecule has 3 saturated heterocycles. The lowest BCUT2D eigenvalue weighted by Gasteiger charge is -2.56. The summed E-state index contributed by atoms with van der Waals surface area (Å²) in [5.74, 6) is -0.198. The van der Waals surface area contributed by atoms with E-state index in [9.17, 15) is 14.0 Å². The first-order valence-electron chi connectivity index (χ1n) is 20.3. The summed E-state index contributed by atoms with van der Waals surface area (Å²) in [5.41, 5.74) is 2.61. The highest BCUT2D eigenvalue weighted by atomic mass is 19.1. The topological polar surface area (TPSA) is 146 Å². The van der Waals surface area contributed by atoms with Crippen LogP contribution in [0.4, 0.5) is 35.5 Å². The number of carbonyl (C=O) groups is 2. The smallest absolute Gasteiger partial charge is 0.319 e. The van der Waals surface area contributed by atoms with Crippen LogP contribution in [0.1, 0.15) is 18.7 Å². The van der Waals surface area contributed by atoms with Gasteiger partial charge >= 0.3 is 6.03 Å². The summed E-state index contributed by atoms with van der Waals surface area (Å²) in [4.78, 5) is 56.7. The molecule has 4 aromatic heterocycles. The second kappa shape index (κ2) is 14.6. The number of amides is 3. The molecule has 6 bridgehead atoms. The van der Waals surface area contributed by atoms with Crippen LogP contribution >= 0.6 is 0 Å². The van der Waals surface area contributed by atoms with Crippen molar-refractivity contribution in [2.75, 3.05) is 69.5 Å². The van der Waals surface area contributed by atoms with E-state index < -0.39 is 29.6 Å². The number of methoxy groups -OCH3 is 1. The van der Waals surface area contributed by atoms with Gasteiger partial charge in [-0.25, -0.2) is 32.6 Å². The number of fused-ring (bicyclic) bond motifs is 8. The predicted octanol–water partition coefficient (Wildman–Crippen LogP) is 4.44. The fraction of sp³-hybridized carbons (Fsp3) is 0.405. The average molecular weight is 836 g/mol. The molecule has 2 unspecified atom stereocenters. The molecular formula is C42H44F3N13O3. The Kier molecular flexibility index (Phi) is 9.26. The summed E-state index contributed by atoms with van der Waals surface area (Å²) in [7, 11) is 6.79. The first-order chi connectivity index (χ1) is 29.3. The Hall–Kier alpha value is -6.50. The third-order valence-corrected chi connectivity index (χ3v) is 12.4. The lowest BCUT2D eigenvalue weighted by atomic mass is 9.88. The number of benzene rings is 2. The van der Waals surface area contributed by atoms with Crippen LogP contribution in [0, 0.1) is 24.4 Å². The lowest BCUT2D eigenvalue weighted by molar-refractivity contribution is -0.132. The van der Waals surface area contributed by atoms with E-state index in [1.807, 2.05) is 39.5 Å². The molecule has 8 heterocycles. The summed E-state index contributed by atoms with van der Waals surface area (Å²) in [6, 6.07) is 10.4. The Morgan fingerprint density at radius 2 is 1.72 bits per heavy atom. The van der Waals surface area contributed by atoms with Crippen LogP contribution in [0.2, 0.25) is 0 Å². The third-order valence-electron chi connectivity index (χ3n) is 12.4. The van der Waals surface area contributed by atoms with E-state index in [-0.39, 0.29) is 47.9 Å². The first kappa shape index (κ1) is 38.7. The Balaban J connectivity index is 1.09. The van der Waals surface area contributed by atoms with Gasteiger partial charge in [0.1, 0.15) is 40.8 Å². The number of nitrogens with one attached hydrogen (secondary N) is 1. The van der Waals surface area contributed by atoms with Crippen LogP contribution in [0.5, 0.6) is 0 Å². The molecule has 61 heavy (non-hydrogen) atoms. The quantitative estimate of drug-likeness (QED) is 0.269. The molecule has 0 saturated carbocycles. The second-order valence-corrected chi connectivity index (χ2v) is 16.6. The number of halogens is 3. The van der Waals surface area contributed by atoms with Gasteiger partial charge in [0.25, 0.3) is 0 Å². The standard InChI is InChI=1S/C42H44F3N13O3/c1-22-47-33-13-24(44)11-29-32-7-6-8-36(49-32)48-25-14-35(40(59)53(4)20-28(61-5)21-55(22)37(29)33)56(17-25)38-30-16-46-58(34-10-9-23(43)12-31(34)45)39(30)51-41(50-38)57-26-15-27(57)19-54(18-26)42(60)52(2)3/h6-13,16,25-28,35H,14-15,17-21H2,1-5H3,(H,48,49)/t25-,26?,27?,28-,35-/m0/s1. The van der Waals surface area contributed by atoms with Crippen molar-refractivity contribution in [3.8, 4) is 16.9 Å². The Morgan fingerprint density at radius 1 is 0.918 bits per heavy atom. The van der Waals surface area contributed by atoms with Gasteiger partial charge in [-0.3, -0.25) is 4.79 Å². The molecule has 3 fully saturated rings. The van der Waals surface area contributed by atoms with E-state index in [0.29, 0.717) is 78.2 Å². The number of likely N-dealkylation sites (tertiary alicyclic amines) is 1. The molecule has 6 aromatic rings. The Bertz CT molecular complexity index is 2730. The van der Waals surface area contributed by atoms with Gasteiger partial charge in [0, 0.05) is 78.2 Å². The van der Waals surface area contributed by atoms with Crippen molar-refractivity contribution in [3.63, 3.8) is 0 Å². The number of likely N-dealkylation sites (N-methyl/N-ethyl adjacent to an activating group) is 1. The number of aryl methyl sites for hydroxylation is 1. The number of imidazole rings is 1. The minimum absolute atomic E-state index is 0.00301. The summed E-state index contributed by atoms with van der Waals surface area (Å²) in [6.45, 7) is 3.65. The number of pyridine rings is 1. The van der Waals surface area contributed by atoms with Crippen LogP contribution in [0.25, 0.3) is 39.0 Å². The fourth-order valence-corrected chi connectivity index (χ4v) is 9.53. The van der Waals surface area contributed by atoms with Crippen LogP contribution in [-0.4, -0.2) is 146 Å². The number of rotatable bonds is 4. The number of anilines is 3. The van der Waals surface area contributed by atoms with Crippen LogP contribution in [-0.2, 0) is 16.1 Å². The molecule has 0 radical (unpaired) electrons. The molecule has 4 aliphatic rings. The highest BCUT2D eigenvalue weighted by Crippen LogP contribution is 2.40. The van der Waals surface area contributed by atoms with Crippen molar-refractivity contribution in [3.05, 3.63) is 78.0 Å². The van der Waals surface area contributed by atoms with Crippen molar-refractivity contribution in [2.45, 2.75) is 56.6 Å². The van der Waals surface area contributed by atoms with E-state index in [0.717, 1.165) is 24.1 Å². The third kappa shape index (κ3) is 6.52. The van der Waals surface area contributed by atoms with Gasteiger partial charge in [0.2, 0.25) is 11.9 Å². The van der Waals surface area contributed by atoms with Crippen molar-refractivity contribution in [2.24, 2.45) is 0 Å². The van der Waals surface area contributed by atoms with E-state index in [2.05, 4.69) is 20.3 Å². The molecule has 5 atom stereocenters. The molecule has 0 aliphatic carbocycles. The summed E-state index contributed by atoms with van der Waals surface area (Å²) < 4.78 is 54.1. The number of ether oxygens (including phenoxy) is 1. The normalized spacial score (nSPS) is 22.6. The average Bonchev–Trinajstić information content (AvgIpc) is 3.94. The van der Waals surface area contributed by atoms with E-state index in [4.69, 9.17) is 19.7 Å². The van der Waals surface area contributed by atoms with Gasteiger partial charge in [-0.2, -0.15) is 15.1 Å². The van der Waals surface area contributed by atoms with E-state index >= 15 is 8.78 Å². The predicted molar refractivity (Wildman–Crippen MR) is 221 cm³/mol. The fourth-order valence-electron chi connectivity index (χ4n) is 9.53. The van der Waals surface area contributed by atoms with Gasteiger partial charge < -0.3 is 39.1 Å². The second-order valence-electron chi connectivity index (χ2n) is 16.6. The minimum Gasteiger partial charge on any atom is -0.378 e. The molecule has 16 nitrogen and oxygen atoms in total. The van der Waals surface area contributed by atoms with E-state index in [1.165, 1.54) is 22.9 Å². The van der Waals surface area contributed by atoms with Crippen molar-refractivity contribution < 1.29 is 27.5 Å². The molecule has 3 amide bonds. The molecule has 10 rings (SSSR count). The summed E-state index contributed by atoms with van der Waals surface area (Å²) >= 11 is 0. The molecule has 19 heteroatoms. The molecule has 316 valence electrons. The van der Waals surface area contributed by atoms with Crippen molar-refractivity contribution in [1.82, 2.24) is 49.0 Å². The summed E-state index contributed by atoms with van der Waals surface area (Å²) in [5, 5.41) is 8.58. The number of nitrogens with zero attached hydrogens (tertiary/aromatic N) is 12. The molecule has 4 aliphatic heterocycles. The van der Waals surface area contributed by atoms with Crippen molar-refractivity contribution >= 4 is 51.6 Å². The number of piperazine rings is 1. The Labute approximate surface area is 348 Å². The number of carbonyl (C=O) groups excluding carboxylic acids is 2. The van der Waals surface area contributed by atoms with Gasteiger partial charge in [-0.05, 0) is 50.1 Å². The molecule has 2 aromatic carbocycles. The van der Waals surface area contributed by atoms with Crippen LogP contribution in [0.15, 0.2) is 54.7 Å². The number of hydrogen-bond acceptors (Lipinski definition) is 11. The zero-order chi connectivity index (χ0) is 42.4. The van der Waals surface area contributed by atoms with Gasteiger partial charge in [0.15, 0.2) is 11.5 Å². The number of aromatic nitrogens is 7. The maximum absolute atomic E-state index is 15.5. The number of hydrogen-bond donors (Lipinski definition) is 1. The zero-order valence-corrected chi connectivity index (χ0v) is 34.3. The minimum atomic E-state index is -0.821. The highest BCUT2D eigenvalue weighted by molar-refractivity contribution is 5.94. The zero-order valence-electron chi connectivity index (χ0n) is 34.3. The monoisotopic (exact) mass is 835 g/mol. The first-order valence-corrected chi connectivity index (χ1v) is 20.3. The number of urea groups is 1. The number of piperidine rings is 1. The molecule has 1 N–H and O–H groups in total. The highest BCUT2D eigenvalue weighted by Gasteiger charge is 2.49. The van der Waals surface area contributed by atoms with Gasteiger partial charge in [-0.15, -0.1) is 0 Å². The van der Waals surface area contributed by atoms with Crippen LogP contribution < -0.4 is 15.1 Å². The SMILES string of the molecule is CO[C@H]1CN(C)C(=O)[C@@H]2C[C@@H](CN2c2nc(N3C4CC3CN(C(=O)N(C)C)C4)nc3c2cnn3-c2ccc(F)cc2F)Nc2cccc(n2)-c2cc(F)cc3nc(C)n(c23)C1. The van der Waals surface area contributed by atoms with Gasteiger partial charge in [0.05, 0.1) is 53.0 Å².